The fourth-order valence-electron chi connectivity index (χ4n) is 6.97. The van der Waals surface area contributed by atoms with Crippen LogP contribution in [0.25, 0.3) is 0 Å². The first-order chi connectivity index (χ1) is 26.1. The second-order valence-corrected chi connectivity index (χ2v) is 17.8. The van der Waals surface area contributed by atoms with Crippen molar-refractivity contribution < 1.29 is 37.9 Å². The summed E-state index contributed by atoms with van der Waals surface area (Å²) < 4.78 is 26.5. The van der Waals surface area contributed by atoms with Crippen LogP contribution in [0.1, 0.15) is 246 Å². The Balaban J connectivity index is 3.79. The van der Waals surface area contributed by atoms with E-state index >= 15 is 0 Å². The fourth-order valence-corrected chi connectivity index (χ4v) is 7.33. The first kappa shape index (κ1) is 53.0. The Morgan fingerprint density at radius 3 is 1.07 bits per heavy atom. The number of esters is 2. The van der Waals surface area contributed by atoms with Gasteiger partial charge in [-0.25, -0.2) is 4.57 Å². The van der Waals surface area contributed by atoms with Gasteiger partial charge < -0.3 is 19.3 Å². The Kier molecular flexibility index (Phi) is 38.2. The van der Waals surface area contributed by atoms with Crippen molar-refractivity contribution in [3.05, 3.63) is 0 Å². The van der Waals surface area contributed by atoms with Gasteiger partial charge in [-0.05, 0) is 24.7 Å². The van der Waals surface area contributed by atoms with E-state index in [0.717, 1.165) is 50.4 Å². The van der Waals surface area contributed by atoms with Crippen molar-refractivity contribution in [2.75, 3.05) is 13.2 Å². The molecule has 0 rings (SSSR count). The lowest BCUT2D eigenvalue weighted by atomic mass is 9.99. The van der Waals surface area contributed by atoms with Crippen LogP contribution < -0.4 is 0 Å². The van der Waals surface area contributed by atoms with E-state index in [1.165, 1.54) is 161 Å². The summed E-state index contributed by atoms with van der Waals surface area (Å²) in [6.07, 6.45) is 39.7. The first-order valence-electron chi connectivity index (χ1n) is 23.1. The smallest absolute Gasteiger partial charge is 0.462 e. The molecule has 0 aromatic heterocycles. The Bertz CT molecular complexity index is 878. The normalized spacial score (nSPS) is 13.5. The summed E-state index contributed by atoms with van der Waals surface area (Å²) in [7, 11) is -4.75. The van der Waals surface area contributed by atoms with Gasteiger partial charge in [0.1, 0.15) is 6.61 Å². The summed E-state index contributed by atoms with van der Waals surface area (Å²) in [6.45, 7) is 8.46. The van der Waals surface area contributed by atoms with E-state index in [4.69, 9.17) is 19.3 Å². The van der Waals surface area contributed by atoms with Gasteiger partial charge >= 0.3 is 19.8 Å². The Labute approximate surface area is 334 Å². The molecular formula is C45H89O8P. The molecule has 2 N–H and O–H groups in total. The zero-order chi connectivity index (χ0) is 40.0. The quantitative estimate of drug-likeness (QED) is 0.0356. The summed E-state index contributed by atoms with van der Waals surface area (Å²) in [4.78, 5) is 42.9. The fraction of sp³-hybridized carbons (Fsp3) is 0.956. The van der Waals surface area contributed by atoms with Gasteiger partial charge in [-0.2, -0.15) is 0 Å². The SMILES string of the molecule is CCC(C)CCCCCCCCCCCCCCCCCCCCC(=O)OC[C@H](COP(=O)(O)O)OC(=O)CCCCCCCCCCCCC(C)CC. The van der Waals surface area contributed by atoms with Gasteiger partial charge in [-0.3, -0.25) is 14.1 Å². The molecule has 0 aromatic rings. The molecule has 0 spiro atoms. The molecule has 0 saturated carbocycles. The predicted octanol–water partition coefficient (Wildman–Crippen LogP) is 14.1. The van der Waals surface area contributed by atoms with Crippen LogP contribution in [-0.2, 0) is 28.2 Å². The molecule has 3 atom stereocenters. The van der Waals surface area contributed by atoms with E-state index in [1.807, 2.05) is 0 Å². The highest BCUT2D eigenvalue weighted by atomic mass is 31.2. The van der Waals surface area contributed by atoms with E-state index in [0.29, 0.717) is 6.42 Å². The zero-order valence-corrected chi connectivity index (χ0v) is 36.9. The number of carbonyl (C=O) groups is 2. The molecule has 2 unspecified atom stereocenters. The Hall–Kier alpha value is -0.950. The molecule has 0 heterocycles. The van der Waals surface area contributed by atoms with Crippen molar-refractivity contribution in [1.29, 1.82) is 0 Å². The largest absolute Gasteiger partial charge is 0.469 e. The number of rotatable bonds is 42. The molecule has 322 valence electrons. The molecule has 0 aliphatic rings. The average Bonchev–Trinajstić information content (AvgIpc) is 3.14. The Morgan fingerprint density at radius 1 is 0.463 bits per heavy atom. The number of phosphoric acid groups is 1. The molecule has 0 fully saturated rings. The molecule has 0 aliphatic carbocycles. The summed E-state index contributed by atoms with van der Waals surface area (Å²) in [5.74, 6) is 0.882. The number of phosphoric ester groups is 1. The van der Waals surface area contributed by atoms with Crippen LogP contribution >= 0.6 is 7.82 Å². The number of carbonyl (C=O) groups excluding carboxylic acids is 2. The third-order valence-corrected chi connectivity index (χ3v) is 11.7. The van der Waals surface area contributed by atoms with Crippen LogP contribution in [0.15, 0.2) is 0 Å². The molecule has 0 saturated heterocycles. The maximum atomic E-state index is 12.4. The monoisotopic (exact) mass is 789 g/mol. The molecule has 0 aromatic carbocycles. The minimum Gasteiger partial charge on any atom is -0.462 e. The highest BCUT2D eigenvalue weighted by molar-refractivity contribution is 7.46. The third kappa shape index (κ3) is 40.7. The third-order valence-electron chi connectivity index (χ3n) is 11.2. The van der Waals surface area contributed by atoms with Crippen LogP contribution in [0.4, 0.5) is 0 Å². The number of hydrogen-bond acceptors (Lipinski definition) is 6. The van der Waals surface area contributed by atoms with Crippen molar-refractivity contribution in [2.24, 2.45) is 11.8 Å². The van der Waals surface area contributed by atoms with Crippen molar-refractivity contribution >= 4 is 19.8 Å². The summed E-state index contributed by atoms with van der Waals surface area (Å²) in [6, 6.07) is 0. The average molecular weight is 789 g/mol. The molecule has 9 heteroatoms. The van der Waals surface area contributed by atoms with Crippen LogP contribution in [0.5, 0.6) is 0 Å². The molecule has 0 radical (unpaired) electrons. The second-order valence-electron chi connectivity index (χ2n) is 16.6. The maximum Gasteiger partial charge on any atom is 0.469 e. The van der Waals surface area contributed by atoms with Gasteiger partial charge in [0, 0.05) is 12.8 Å². The summed E-state index contributed by atoms with van der Waals surface area (Å²) in [5, 5.41) is 0. The van der Waals surface area contributed by atoms with Crippen LogP contribution in [-0.4, -0.2) is 41.0 Å². The van der Waals surface area contributed by atoms with E-state index in [2.05, 4.69) is 32.2 Å². The number of hydrogen-bond donors (Lipinski definition) is 2. The minimum atomic E-state index is -4.75. The van der Waals surface area contributed by atoms with Crippen molar-refractivity contribution in [2.45, 2.75) is 252 Å². The van der Waals surface area contributed by atoms with Gasteiger partial charge in [0.2, 0.25) is 0 Å². The summed E-state index contributed by atoms with van der Waals surface area (Å²) >= 11 is 0. The zero-order valence-electron chi connectivity index (χ0n) is 36.0. The number of ether oxygens (including phenoxy) is 2. The van der Waals surface area contributed by atoms with E-state index in [9.17, 15) is 14.2 Å². The predicted molar refractivity (Wildman–Crippen MR) is 225 cm³/mol. The highest BCUT2D eigenvalue weighted by Gasteiger charge is 2.23. The number of unbranched alkanes of at least 4 members (excludes halogenated alkanes) is 26. The van der Waals surface area contributed by atoms with Gasteiger partial charge in [0.25, 0.3) is 0 Å². The van der Waals surface area contributed by atoms with Gasteiger partial charge in [-0.1, -0.05) is 220 Å². The lowest BCUT2D eigenvalue weighted by Crippen LogP contribution is -2.29. The highest BCUT2D eigenvalue weighted by Crippen LogP contribution is 2.36. The molecule has 0 aliphatic heterocycles. The molecule has 54 heavy (non-hydrogen) atoms. The lowest BCUT2D eigenvalue weighted by Gasteiger charge is -2.18. The lowest BCUT2D eigenvalue weighted by molar-refractivity contribution is -0.161. The first-order valence-corrected chi connectivity index (χ1v) is 24.7. The Morgan fingerprint density at radius 2 is 0.759 bits per heavy atom. The van der Waals surface area contributed by atoms with Gasteiger partial charge in [-0.15, -0.1) is 0 Å². The van der Waals surface area contributed by atoms with E-state index in [-0.39, 0.29) is 19.4 Å². The van der Waals surface area contributed by atoms with Gasteiger partial charge in [0.15, 0.2) is 6.10 Å². The maximum absolute atomic E-state index is 12.4. The molecule has 0 bridgehead atoms. The standard InChI is InChI=1S/C45H89O8P/c1-5-41(3)35-31-27-23-19-15-13-11-9-7-8-10-12-14-16-21-25-29-33-37-44(46)51-39-43(40-52-54(48,49)50)53-45(47)38-34-30-26-22-18-17-20-24-28-32-36-42(4)6-2/h41-43H,5-40H2,1-4H3,(H2,48,49,50)/t41?,42?,43-/m1/s1. The van der Waals surface area contributed by atoms with Crippen molar-refractivity contribution in [3.63, 3.8) is 0 Å². The van der Waals surface area contributed by atoms with Crippen LogP contribution in [0.2, 0.25) is 0 Å². The topological polar surface area (TPSA) is 119 Å². The van der Waals surface area contributed by atoms with E-state index in [1.54, 1.807) is 0 Å². The van der Waals surface area contributed by atoms with Crippen molar-refractivity contribution in [3.8, 4) is 0 Å². The molecule has 8 nitrogen and oxygen atoms in total. The molecule has 0 amide bonds. The van der Waals surface area contributed by atoms with Crippen molar-refractivity contribution in [1.82, 2.24) is 0 Å². The summed E-state index contributed by atoms with van der Waals surface area (Å²) in [5.41, 5.74) is 0. The van der Waals surface area contributed by atoms with Crippen LogP contribution in [0.3, 0.4) is 0 Å². The minimum absolute atomic E-state index is 0.218. The van der Waals surface area contributed by atoms with E-state index < -0.39 is 32.5 Å². The van der Waals surface area contributed by atoms with Gasteiger partial charge in [0.05, 0.1) is 6.61 Å². The van der Waals surface area contributed by atoms with Crippen LogP contribution in [0, 0.1) is 11.8 Å². The molecular weight excluding hydrogens is 699 g/mol. The second kappa shape index (κ2) is 38.9.